The summed E-state index contributed by atoms with van der Waals surface area (Å²) in [6.45, 7) is 3.69. The third kappa shape index (κ3) is 5.55. The molecule has 1 aromatic heterocycles. The summed E-state index contributed by atoms with van der Waals surface area (Å²) in [5, 5.41) is 1.06. The Labute approximate surface area is 210 Å². The van der Waals surface area contributed by atoms with Crippen LogP contribution in [-0.4, -0.2) is 54.5 Å². The van der Waals surface area contributed by atoms with Crippen molar-refractivity contribution < 1.29 is 28.5 Å². The molecule has 0 unspecified atom stereocenters. The van der Waals surface area contributed by atoms with Crippen LogP contribution in [0.3, 0.4) is 0 Å². The molecule has 0 aliphatic carbocycles. The molecule has 3 heterocycles. The number of hydrogen-bond acceptors (Lipinski definition) is 6. The van der Waals surface area contributed by atoms with E-state index in [1.54, 1.807) is 4.90 Å². The minimum absolute atomic E-state index is 0.0707. The molecule has 1 amide bonds. The Morgan fingerprint density at radius 1 is 1.03 bits per heavy atom. The zero-order chi connectivity index (χ0) is 24.9. The van der Waals surface area contributed by atoms with Crippen LogP contribution in [0.1, 0.15) is 42.7 Å². The number of rotatable bonds is 4. The van der Waals surface area contributed by atoms with E-state index in [0.717, 1.165) is 27.7 Å². The van der Waals surface area contributed by atoms with E-state index in [1.807, 2.05) is 48.5 Å². The Kier molecular flexibility index (Phi) is 7.53. The maximum atomic E-state index is 13.2. The van der Waals surface area contributed by atoms with Crippen molar-refractivity contribution in [1.29, 1.82) is 0 Å². The second kappa shape index (κ2) is 11.1. The van der Waals surface area contributed by atoms with Crippen LogP contribution in [0.15, 0.2) is 54.6 Å². The van der Waals surface area contributed by atoms with Gasteiger partial charge in [-0.05, 0) is 36.5 Å². The van der Waals surface area contributed by atoms with Gasteiger partial charge in [0.05, 0.1) is 18.9 Å². The summed E-state index contributed by atoms with van der Waals surface area (Å²) < 4.78 is 23.2. The van der Waals surface area contributed by atoms with Gasteiger partial charge in [-0.1, -0.05) is 48.5 Å². The number of nitrogens with one attached hydrogen (secondary N) is 1. The van der Waals surface area contributed by atoms with Gasteiger partial charge in [0.1, 0.15) is 12.7 Å². The largest absolute Gasteiger partial charge is 0.456 e. The van der Waals surface area contributed by atoms with Gasteiger partial charge in [-0.3, -0.25) is 4.79 Å². The first-order valence-electron chi connectivity index (χ1n) is 12.5. The normalized spacial score (nSPS) is 21.2. The first-order chi connectivity index (χ1) is 17.6. The molecule has 2 aliphatic rings. The molecule has 1 fully saturated rings. The van der Waals surface area contributed by atoms with Crippen LogP contribution in [0.5, 0.6) is 0 Å². The molecular weight excluding hydrogens is 460 g/mol. The SMILES string of the molecule is CC(=O)O[C@@H]1C[C@H](C2OCCO2)CCN(C(=O)OCc2ccccc2)CCc2c1[nH]c1ccccc21. The summed E-state index contributed by atoms with van der Waals surface area (Å²) in [6.07, 6.45) is 0.565. The van der Waals surface area contributed by atoms with E-state index in [9.17, 15) is 9.59 Å². The second-order valence-corrected chi connectivity index (χ2v) is 9.33. The van der Waals surface area contributed by atoms with Gasteiger partial charge < -0.3 is 28.8 Å². The highest BCUT2D eigenvalue weighted by Gasteiger charge is 2.35. The number of nitrogens with zero attached hydrogens (tertiary/aromatic N) is 1. The Balaban J connectivity index is 1.44. The van der Waals surface area contributed by atoms with Gasteiger partial charge in [-0.25, -0.2) is 4.79 Å². The first-order valence-corrected chi connectivity index (χ1v) is 12.5. The molecule has 190 valence electrons. The zero-order valence-electron chi connectivity index (χ0n) is 20.5. The van der Waals surface area contributed by atoms with Gasteiger partial charge in [0.2, 0.25) is 0 Å². The van der Waals surface area contributed by atoms with Crippen molar-refractivity contribution >= 4 is 23.0 Å². The monoisotopic (exact) mass is 492 g/mol. The van der Waals surface area contributed by atoms with E-state index in [0.29, 0.717) is 45.6 Å². The summed E-state index contributed by atoms with van der Waals surface area (Å²) in [5.41, 5.74) is 3.84. The lowest BCUT2D eigenvalue weighted by atomic mass is 9.92. The molecule has 8 nitrogen and oxygen atoms in total. The first kappa shape index (κ1) is 24.3. The number of esters is 1. The standard InChI is InChI=1S/C28H32N2O6/c1-19(31)36-25-17-21(27-33-15-16-34-27)11-13-30(28(32)35-18-20-7-3-2-4-8-20)14-12-23-22-9-5-6-10-24(22)29-26(23)25/h2-10,21,25,27,29H,11-18H2,1H3/t21-,25-/m1/s1. The Hall–Kier alpha value is -3.36. The highest BCUT2D eigenvalue weighted by molar-refractivity contribution is 5.85. The fourth-order valence-corrected chi connectivity index (χ4v) is 5.15. The Morgan fingerprint density at radius 3 is 2.56 bits per heavy atom. The number of benzene rings is 2. The molecular formula is C28H32N2O6. The molecule has 2 aromatic carbocycles. The number of carbonyl (C=O) groups excluding carboxylic acids is 2. The number of aromatic amines is 1. The molecule has 8 heteroatoms. The number of fused-ring (bicyclic) bond motifs is 3. The third-order valence-corrected chi connectivity index (χ3v) is 6.89. The molecule has 36 heavy (non-hydrogen) atoms. The van der Waals surface area contributed by atoms with Crippen molar-refractivity contribution in [3.8, 4) is 0 Å². The van der Waals surface area contributed by atoms with Crippen LogP contribution in [0.25, 0.3) is 10.9 Å². The van der Waals surface area contributed by atoms with Gasteiger partial charge in [0, 0.05) is 36.8 Å². The predicted molar refractivity (Wildman–Crippen MR) is 133 cm³/mol. The van der Waals surface area contributed by atoms with E-state index in [1.165, 1.54) is 6.92 Å². The smallest absolute Gasteiger partial charge is 0.410 e. The maximum absolute atomic E-state index is 13.2. The van der Waals surface area contributed by atoms with Crippen molar-refractivity contribution in [1.82, 2.24) is 9.88 Å². The van der Waals surface area contributed by atoms with Gasteiger partial charge in [0.15, 0.2) is 6.29 Å². The van der Waals surface area contributed by atoms with Crippen LogP contribution in [0.4, 0.5) is 4.79 Å². The molecule has 0 radical (unpaired) electrons. The average Bonchev–Trinajstić information content (AvgIpc) is 3.55. The van der Waals surface area contributed by atoms with E-state index in [-0.39, 0.29) is 24.6 Å². The molecule has 5 rings (SSSR count). The predicted octanol–water partition coefficient (Wildman–Crippen LogP) is 4.74. The van der Waals surface area contributed by atoms with Gasteiger partial charge in [-0.2, -0.15) is 0 Å². The average molecular weight is 493 g/mol. The lowest BCUT2D eigenvalue weighted by Crippen LogP contribution is -2.38. The number of ether oxygens (including phenoxy) is 4. The molecule has 1 N–H and O–H groups in total. The van der Waals surface area contributed by atoms with E-state index in [4.69, 9.17) is 18.9 Å². The minimum atomic E-state index is -0.459. The van der Waals surface area contributed by atoms with Crippen molar-refractivity contribution in [2.45, 2.75) is 45.2 Å². The summed E-state index contributed by atoms with van der Waals surface area (Å²) in [7, 11) is 0. The molecule has 0 spiro atoms. The van der Waals surface area contributed by atoms with Gasteiger partial charge in [0.25, 0.3) is 0 Å². The minimum Gasteiger partial charge on any atom is -0.456 e. The highest BCUT2D eigenvalue weighted by atomic mass is 16.7. The second-order valence-electron chi connectivity index (χ2n) is 9.33. The maximum Gasteiger partial charge on any atom is 0.410 e. The molecule has 2 atom stereocenters. The van der Waals surface area contributed by atoms with Crippen LogP contribution < -0.4 is 0 Å². The summed E-state index contributed by atoms with van der Waals surface area (Å²) in [5.74, 6) is -0.404. The molecule has 2 aliphatic heterocycles. The van der Waals surface area contributed by atoms with Crippen LogP contribution >= 0.6 is 0 Å². The summed E-state index contributed by atoms with van der Waals surface area (Å²) >= 11 is 0. The number of para-hydroxylation sites is 1. The van der Waals surface area contributed by atoms with E-state index >= 15 is 0 Å². The number of amides is 1. The van der Waals surface area contributed by atoms with Crippen molar-refractivity contribution in [2.24, 2.45) is 5.92 Å². The zero-order valence-corrected chi connectivity index (χ0v) is 20.5. The van der Waals surface area contributed by atoms with Crippen LogP contribution in [0, 0.1) is 5.92 Å². The molecule has 1 saturated heterocycles. The number of hydrogen-bond donors (Lipinski definition) is 1. The summed E-state index contributed by atoms with van der Waals surface area (Å²) in [4.78, 5) is 30.5. The molecule has 0 saturated carbocycles. The van der Waals surface area contributed by atoms with E-state index in [2.05, 4.69) is 11.1 Å². The van der Waals surface area contributed by atoms with Crippen molar-refractivity contribution in [3.63, 3.8) is 0 Å². The fourth-order valence-electron chi connectivity index (χ4n) is 5.15. The van der Waals surface area contributed by atoms with Crippen LogP contribution in [-0.2, 0) is 36.8 Å². The van der Waals surface area contributed by atoms with Crippen LogP contribution in [0.2, 0.25) is 0 Å². The van der Waals surface area contributed by atoms with Gasteiger partial charge >= 0.3 is 12.1 Å². The highest BCUT2D eigenvalue weighted by Crippen LogP contribution is 2.37. The lowest BCUT2D eigenvalue weighted by Gasteiger charge is -2.31. The third-order valence-electron chi connectivity index (χ3n) is 6.89. The Bertz CT molecular complexity index is 1190. The number of carbonyl (C=O) groups is 2. The molecule has 3 aromatic rings. The van der Waals surface area contributed by atoms with E-state index < -0.39 is 12.4 Å². The van der Waals surface area contributed by atoms with Crippen molar-refractivity contribution in [3.05, 3.63) is 71.4 Å². The fraction of sp³-hybridized carbons (Fsp3) is 0.429. The molecule has 0 bridgehead atoms. The topological polar surface area (TPSA) is 90.1 Å². The summed E-state index contributed by atoms with van der Waals surface area (Å²) in [6, 6.07) is 17.7. The number of H-pyrrole nitrogens is 1. The quantitative estimate of drug-likeness (QED) is 0.530. The lowest BCUT2D eigenvalue weighted by molar-refractivity contribution is -0.151. The Morgan fingerprint density at radius 2 is 1.78 bits per heavy atom. The van der Waals surface area contributed by atoms with Crippen molar-refractivity contribution in [2.75, 3.05) is 26.3 Å². The van der Waals surface area contributed by atoms with Gasteiger partial charge in [-0.15, -0.1) is 0 Å². The number of aromatic nitrogens is 1.